The smallest absolute Gasteiger partial charge is 0.339 e. The molecule has 0 saturated carbocycles. The van der Waals surface area contributed by atoms with Crippen molar-refractivity contribution in [2.45, 2.75) is 11.8 Å². The fourth-order valence-electron chi connectivity index (χ4n) is 2.63. The fraction of sp³-hybridized carbons (Fsp3) is 0.167. The van der Waals surface area contributed by atoms with Crippen LogP contribution >= 0.6 is 11.6 Å². The molecule has 3 rings (SSSR count). The van der Waals surface area contributed by atoms with Crippen LogP contribution in [-0.2, 0) is 19.4 Å². The Morgan fingerprint density at radius 1 is 1.04 bits per heavy atom. The van der Waals surface area contributed by atoms with Crippen molar-refractivity contribution >= 4 is 38.6 Å². The Balaban J connectivity index is 2.11. The van der Waals surface area contributed by atoms with Crippen LogP contribution in [0, 0.1) is 6.92 Å². The molecule has 4 nitrogen and oxygen atoms in total. The molecule has 124 valence electrons. The van der Waals surface area contributed by atoms with Crippen molar-refractivity contribution in [3.05, 3.63) is 64.2 Å². The van der Waals surface area contributed by atoms with Crippen LogP contribution in [0.15, 0.2) is 47.4 Å². The third kappa shape index (κ3) is 3.09. The third-order valence-corrected chi connectivity index (χ3v) is 5.48. The van der Waals surface area contributed by atoms with Gasteiger partial charge in [-0.1, -0.05) is 29.8 Å². The largest absolute Gasteiger partial charge is 0.457 e. The van der Waals surface area contributed by atoms with Crippen LogP contribution in [-0.4, -0.2) is 27.2 Å². The van der Waals surface area contributed by atoms with Crippen molar-refractivity contribution in [1.82, 2.24) is 0 Å². The van der Waals surface area contributed by atoms with E-state index in [4.69, 9.17) is 16.3 Å². The number of halogens is 1. The SMILES string of the molecule is Cc1cc(C2=C(c3ccc(S(C)(=O)=O)cc3)COC2=O)ccc1Cl. The molecule has 24 heavy (non-hydrogen) atoms. The number of rotatable bonds is 3. The Labute approximate surface area is 145 Å². The predicted octanol–water partition coefficient (Wildman–Crippen LogP) is 3.52. The second-order valence-corrected chi connectivity index (χ2v) is 8.11. The molecule has 0 spiro atoms. The van der Waals surface area contributed by atoms with Gasteiger partial charge in [0.25, 0.3) is 0 Å². The molecule has 0 atom stereocenters. The van der Waals surface area contributed by atoms with E-state index in [0.717, 1.165) is 28.5 Å². The van der Waals surface area contributed by atoms with Gasteiger partial charge in [0.1, 0.15) is 6.61 Å². The topological polar surface area (TPSA) is 60.4 Å². The number of benzene rings is 2. The van der Waals surface area contributed by atoms with Crippen molar-refractivity contribution in [3.8, 4) is 0 Å². The minimum atomic E-state index is -3.26. The zero-order chi connectivity index (χ0) is 17.5. The van der Waals surface area contributed by atoms with E-state index in [-0.39, 0.29) is 17.5 Å². The molecule has 0 radical (unpaired) electrons. The molecule has 1 heterocycles. The third-order valence-electron chi connectivity index (χ3n) is 3.93. The van der Waals surface area contributed by atoms with Crippen LogP contribution in [0.25, 0.3) is 11.1 Å². The number of carbonyl (C=O) groups excluding carboxylic acids is 1. The molecule has 0 aromatic heterocycles. The van der Waals surface area contributed by atoms with Gasteiger partial charge in [-0.25, -0.2) is 13.2 Å². The number of hydrogen-bond donors (Lipinski definition) is 0. The molecule has 0 aliphatic carbocycles. The summed E-state index contributed by atoms with van der Waals surface area (Å²) in [5.74, 6) is -0.390. The molecule has 1 aliphatic heterocycles. The minimum Gasteiger partial charge on any atom is -0.457 e. The van der Waals surface area contributed by atoms with E-state index in [9.17, 15) is 13.2 Å². The van der Waals surface area contributed by atoms with E-state index < -0.39 is 9.84 Å². The first-order chi connectivity index (χ1) is 11.3. The Morgan fingerprint density at radius 2 is 1.67 bits per heavy atom. The minimum absolute atomic E-state index is 0.161. The number of sulfone groups is 1. The van der Waals surface area contributed by atoms with Gasteiger partial charge in [-0.15, -0.1) is 0 Å². The highest BCUT2D eigenvalue weighted by atomic mass is 35.5. The maximum atomic E-state index is 12.2. The first-order valence-electron chi connectivity index (χ1n) is 7.24. The van der Waals surface area contributed by atoms with Gasteiger partial charge in [0.15, 0.2) is 9.84 Å². The van der Waals surface area contributed by atoms with Gasteiger partial charge in [0.05, 0.1) is 10.5 Å². The van der Waals surface area contributed by atoms with Crippen molar-refractivity contribution in [2.75, 3.05) is 12.9 Å². The highest BCUT2D eigenvalue weighted by Gasteiger charge is 2.27. The van der Waals surface area contributed by atoms with Crippen LogP contribution in [0.4, 0.5) is 0 Å². The summed E-state index contributed by atoms with van der Waals surface area (Å²) in [6.07, 6.45) is 1.16. The summed E-state index contributed by atoms with van der Waals surface area (Å²) < 4.78 is 28.3. The molecule has 2 aromatic rings. The molecular weight excluding hydrogens is 348 g/mol. The second-order valence-electron chi connectivity index (χ2n) is 5.69. The van der Waals surface area contributed by atoms with Crippen LogP contribution in [0.3, 0.4) is 0 Å². The number of hydrogen-bond acceptors (Lipinski definition) is 4. The molecular formula is C18H15ClO4S. The summed E-state index contributed by atoms with van der Waals surface area (Å²) >= 11 is 6.05. The summed E-state index contributed by atoms with van der Waals surface area (Å²) in [4.78, 5) is 12.4. The first-order valence-corrected chi connectivity index (χ1v) is 9.51. The van der Waals surface area contributed by atoms with Crippen molar-refractivity contribution in [3.63, 3.8) is 0 Å². The molecule has 0 amide bonds. The Bertz CT molecular complexity index is 957. The standard InChI is InChI=1S/C18H15ClO4S/c1-11-9-13(5-8-16(11)19)17-15(10-23-18(17)20)12-3-6-14(7-4-12)24(2,21)22/h3-9H,10H2,1-2H3. The van der Waals surface area contributed by atoms with Gasteiger partial charge in [0.2, 0.25) is 0 Å². The van der Waals surface area contributed by atoms with Gasteiger partial charge in [-0.3, -0.25) is 0 Å². The Morgan fingerprint density at radius 3 is 2.25 bits per heavy atom. The van der Waals surface area contributed by atoms with Crippen LogP contribution in [0.1, 0.15) is 16.7 Å². The van der Waals surface area contributed by atoms with E-state index in [1.54, 1.807) is 24.3 Å². The lowest BCUT2D eigenvalue weighted by molar-refractivity contribution is -0.133. The predicted molar refractivity (Wildman–Crippen MR) is 93.5 cm³/mol. The van der Waals surface area contributed by atoms with Gasteiger partial charge < -0.3 is 4.74 Å². The van der Waals surface area contributed by atoms with Crippen molar-refractivity contribution in [1.29, 1.82) is 0 Å². The van der Waals surface area contributed by atoms with E-state index >= 15 is 0 Å². The summed E-state index contributed by atoms with van der Waals surface area (Å²) in [6.45, 7) is 2.03. The average molecular weight is 363 g/mol. The highest BCUT2D eigenvalue weighted by Crippen LogP contribution is 2.34. The Hall–Kier alpha value is -2.11. The van der Waals surface area contributed by atoms with Crippen LogP contribution < -0.4 is 0 Å². The van der Waals surface area contributed by atoms with Gasteiger partial charge in [-0.05, 0) is 47.9 Å². The number of esters is 1. The molecule has 2 aromatic carbocycles. The van der Waals surface area contributed by atoms with E-state index in [0.29, 0.717) is 10.6 Å². The van der Waals surface area contributed by atoms with Crippen molar-refractivity contribution < 1.29 is 17.9 Å². The summed E-state index contributed by atoms with van der Waals surface area (Å²) in [5.41, 5.74) is 3.59. The monoisotopic (exact) mass is 362 g/mol. The average Bonchev–Trinajstić information content (AvgIpc) is 2.91. The quantitative estimate of drug-likeness (QED) is 0.784. The molecule has 0 N–H and O–H groups in total. The molecule has 1 aliphatic rings. The fourth-order valence-corrected chi connectivity index (χ4v) is 3.38. The van der Waals surface area contributed by atoms with E-state index in [1.165, 1.54) is 12.1 Å². The zero-order valence-electron chi connectivity index (χ0n) is 13.2. The molecule has 6 heteroatoms. The molecule has 0 bridgehead atoms. The lowest BCUT2D eigenvalue weighted by atomic mass is 9.96. The normalized spacial score (nSPS) is 14.9. The van der Waals surface area contributed by atoms with E-state index in [1.807, 2.05) is 13.0 Å². The maximum Gasteiger partial charge on any atom is 0.339 e. The highest BCUT2D eigenvalue weighted by molar-refractivity contribution is 7.90. The van der Waals surface area contributed by atoms with Crippen LogP contribution in [0.5, 0.6) is 0 Å². The van der Waals surface area contributed by atoms with Crippen molar-refractivity contribution in [2.24, 2.45) is 0 Å². The summed E-state index contributed by atoms with van der Waals surface area (Å²) in [7, 11) is -3.26. The molecule has 0 fully saturated rings. The first kappa shape index (κ1) is 16.7. The van der Waals surface area contributed by atoms with Gasteiger partial charge in [-0.2, -0.15) is 0 Å². The number of aryl methyl sites for hydroxylation is 1. The van der Waals surface area contributed by atoms with E-state index in [2.05, 4.69) is 0 Å². The summed E-state index contributed by atoms with van der Waals surface area (Å²) in [6, 6.07) is 11.8. The molecule has 0 unspecified atom stereocenters. The molecule has 0 saturated heterocycles. The van der Waals surface area contributed by atoms with Gasteiger partial charge in [0, 0.05) is 16.9 Å². The lowest BCUT2D eigenvalue weighted by Crippen LogP contribution is -1.99. The van der Waals surface area contributed by atoms with Gasteiger partial charge >= 0.3 is 5.97 Å². The lowest BCUT2D eigenvalue weighted by Gasteiger charge is -2.07. The summed E-state index contributed by atoms with van der Waals surface area (Å²) in [5, 5.41) is 0.629. The second kappa shape index (κ2) is 6.07. The zero-order valence-corrected chi connectivity index (χ0v) is 14.7. The number of ether oxygens (including phenoxy) is 1. The number of cyclic esters (lactones) is 1. The number of carbonyl (C=O) groups is 1. The maximum absolute atomic E-state index is 12.2. The Kier molecular flexibility index (Phi) is 4.24. The van der Waals surface area contributed by atoms with Crippen LogP contribution in [0.2, 0.25) is 5.02 Å².